The van der Waals surface area contributed by atoms with Crippen LogP contribution in [-0.4, -0.2) is 19.2 Å². The van der Waals surface area contributed by atoms with Crippen LogP contribution in [0.25, 0.3) is 0 Å². The highest BCUT2D eigenvalue weighted by Gasteiger charge is 2.05. The van der Waals surface area contributed by atoms with E-state index in [-0.39, 0.29) is 12.2 Å². The first kappa shape index (κ1) is 10.4. The second kappa shape index (κ2) is 4.02. The number of pyridine rings is 1. The van der Waals surface area contributed by atoms with E-state index >= 15 is 0 Å². The predicted molar refractivity (Wildman–Crippen MR) is 47.5 cm³/mol. The summed E-state index contributed by atoms with van der Waals surface area (Å²) < 4.78 is 33.4. The average molecular weight is 224 g/mol. The minimum absolute atomic E-state index is 0.165. The summed E-state index contributed by atoms with van der Waals surface area (Å²) in [5, 5.41) is 0. The highest BCUT2D eigenvalue weighted by atomic mass is 35.7. The molecule has 0 bridgehead atoms. The summed E-state index contributed by atoms with van der Waals surface area (Å²) in [6.45, 7) is 0. The Kier molecular flexibility index (Phi) is 3.22. The van der Waals surface area contributed by atoms with E-state index in [9.17, 15) is 12.8 Å². The quantitative estimate of drug-likeness (QED) is 0.574. The smallest absolute Gasteiger partial charge is 0.228 e. The summed E-state index contributed by atoms with van der Waals surface area (Å²) >= 11 is 0. The molecule has 0 aliphatic carbocycles. The first-order chi connectivity index (χ1) is 5.97. The summed E-state index contributed by atoms with van der Waals surface area (Å²) in [5.41, 5.74) is 0.644. The van der Waals surface area contributed by atoms with E-state index in [0.717, 1.165) is 0 Å². The Bertz CT molecular complexity index is 376. The summed E-state index contributed by atoms with van der Waals surface area (Å²) in [7, 11) is 1.51. The molecule has 13 heavy (non-hydrogen) atoms. The van der Waals surface area contributed by atoms with Gasteiger partial charge in [-0.05, 0) is 18.1 Å². The standard InChI is InChI=1S/C7H7ClFNO2S/c8-13(11,12)4-3-6-1-2-7(9)10-5-6/h1-2,5H,3-4H2. The van der Waals surface area contributed by atoms with Gasteiger partial charge >= 0.3 is 0 Å². The predicted octanol–water partition coefficient (Wildman–Crippen LogP) is 1.33. The van der Waals surface area contributed by atoms with Crippen LogP contribution in [0.4, 0.5) is 4.39 Å². The van der Waals surface area contributed by atoms with Crippen LogP contribution in [0.1, 0.15) is 5.56 Å². The Morgan fingerprint density at radius 1 is 1.46 bits per heavy atom. The number of halogens is 2. The van der Waals surface area contributed by atoms with E-state index in [4.69, 9.17) is 10.7 Å². The van der Waals surface area contributed by atoms with Crippen molar-refractivity contribution in [2.75, 3.05) is 5.75 Å². The first-order valence-electron chi connectivity index (χ1n) is 3.50. The van der Waals surface area contributed by atoms with Crippen LogP contribution in [0, 0.1) is 5.95 Å². The third-order valence-corrected chi connectivity index (χ3v) is 2.58. The molecule has 0 radical (unpaired) electrons. The lowest BCUT2D eigenvalue weighted by molar-refractivity contribution is 0.582. The minimum Gasteiger partial charge on any atom is -0.228 e. The van der Waals surface area contributed by atoms with E-state index in [1.807, 2.05) is 0 Å². The van der Waals surface area contributed by atoms with Gasteiger partial charge in [-0.2, -0.15) is 4.39 Å². The van der Waals surface area contributed by atoms with Crippen molar-refractivity contribution in [3.05, 3.63) is 29.8 Å². The molecule has 1 aromatic rings. The van der Waals surface area contributed by atoms with Gasteiger partial charge in [0.25, 0.3) is 0 Å². The Morgan fingerprint density at radius 3 is 2.62 bits per heavy atom. The van der Waals surface area contributed by atoms with E-state index in [2.05, 4.69) is 4.98 Å². The van der Waals surface area contributed by atoms with Crippen LogP contribution in [0.3, 0.4) is 0 Å². The Balaban J connectivity index is 2.61. The van der Waals surface area contributed by atoms with Crippen molar-refractivity contribution >= 4 is 19.7 Å². The topological polar surface area (TPSA) is 47.0 Å². The molecule has 3 nitrogen and oxygen atoms in total. The fourth-order valence-corrected chi connectivity index (χ4v) is 1.51. The van der Waals surface area contributed by atoms with E-state index in [1.54, 1.807) is 0 Å². The molecule has 0 aliphatic heterocycles. The van der Waals surface area contributed by atoms with Gasteiger partial charge in [-0.15, -0.1) is 0 Å². The van der Waals surface area contributed by atoms with Crippen LogP contribution >= 0.6 is 10.7 Å². The highest BCUT2D eigenvalue weighted by Crippen LogP contribution is 2.04. The maximum Gasteiger partial charge on any atom is 0.232 e. The van der Waals surface area contributed by atoms with Gasteiger partial charge in [-0.25, -0.2) is 13.4 Å². The molecule has 0 fully saturated rings. The van der Waals surface area contributed by atoms with Gasteiger partial charge in [0.1, 0.15) is 0 Å². The van der Waals surface area contributed by atoms with Crippen molar-refractivity contribution in [1.29, 1.82) is 0 Å². The number of aromatic nitrogens is 1. The first-order valence-corrected chi connectivity index (χ1v) is 5.98. The normalized spacial score (nSPS) is 11.5. The Hall–Kier alpha value is -0.680. The van der Waals surface area contributed by atoms with Crippen molar-refractivity contribution in [2.24, 2.45) is 0 Å². The monoisotopic (exact) mass is 223 g/mol. The molecule has 0 aliphatic rings. The summed E-state index contributed by atoms with van der Waals surface area (Å²) in [4.78, 5) is 3.38. The molecule has 1 rings (SSSR count). The molecule has 72 valence electrons. The molecule has 1 aromatic heterocycles. The Morgan fingerprint density at radius 2 is 2.15 bits per heavy atom. The van der Waals surface area contributed by atoms with E-state index < -0.39 is 15.0 Å². The lowest BCUT2D eigenvalue weighted by Gasteiger charge is -1.97. The molecule has 0 saturated carbocycles. The molecule has 0 amide bonds. The number of aryl methyl sites for hydroxylation is 1. The van der Waals surface area contributed by atoms with Crippen LogP contribution in [0.15, 0.2) is 18.3 Å². The SMILES string of the molecule is O=S(=O)(Cl)CCc1ccc(F)nc1. The molecular formula is C7H7ClFNO2S. The van der Waals surface area contributed by atoms with Crippen molar-refractivity contribution in [3.63, 3.8) is 0 Å². The van der Waals surface area contributed by atoms with Crippen LogP contribution < -0.4 is 0 Å². The zero-order valence-electron chi connectivity index (χ0n) is 6.57. The lowest BCUT2D eigenvalue weighted by atomic mass is 10.2. The highest BCUT2D eigenvalue weighted by molar-refractivity contribution is 8.13. The van der Waals surface area contributed by atoms with Crippen LogP contribution in [-0.2, 0) is 15.5 Å². The molecule has 0 unspecified atom stereocenters. The van der Waals surface area contributed by atoms with Crippen molar-refractivity contribution in [2.45, 2.75) is 6.42 Å². The zero-order chi connectivity index (χ0) is 9.90. The third-order valence-electron chi connectivity index (χ3n) is 1.42. The van der Waals surface area contributed by atoms with E-state index in [0.29, 0.717) is 5.56 Å². The van der Waals surface area contributed by atoms with Gasteiger partial charge in [-0.3, -0.25) is 0 Å². The van der Waals surface area contributed by atoms with Gasteiger partial charge in [0.2, 0.25) is 15.0 Å². The lowest BCUT2D eigenvalue weighted by Crippen LogP contribution is -2.01. The van der Waals surface area contributed by atoms with Gasteiger partial charge < -0.3 is 0 Å². The molecule has 0 saturated heterocycles. The summed E-state index contributed by atoms with van der Waals surface area (Å²) in [6, 6.07) is 2.65. The maximum atomic E-state index is 12.3. The molecule has 0 spiro atoms. The Labute approximate surface area is 80.0 Å². The van der Waals surface area contributed by atoms with Gasteiger partial charge in [-0.1, -0.05) is 6.07 Å². The number of rotatable bonds is 3. The average Bonchev–Trinajstić information content (AvgIpc) is 2.02. The molecular weight excluding hydrogens is 217 g/mol. The number of hydrogen-bond donors (Lipinski definition) is 0. The second-order valence-electron chi connectivity index (χ2n) is 2.48. The minimum atomic E-state index is -3.48. The van der Waals surface area contributed by atoms with Gasteiger partial charge in [0.05, 0.1) is 5.75 Å². The molecule has 1 heterocycles. The van der Waals surface area contributed by atoms with Gasteiger partial charge in [0, 0.05) is 16.9 Å². The zero-order valence-corrected chi connectivity index (χ0v) is 8.15. The second-order valence-corrected chi connectivity index (χ2v) is 5.38. The van der Waals surface area contributed by atoms with Crippen molar-refractivity contribution < 1.29 is 12.8 Å². The molecule has 6 heteroatoms. The van der Waals surface area contributed by atoms with Gasteiger partial charge in [0.15, 0.2) is 0 Å². The molecule has 0 atom stereocenters. The number of hydrogen-bond acceptors (Lipinski definition) is 3. The van der Waals surface area contributed by atoms with Crippen LogP contribution in [0.2, 0.25) is 0 Å². The molecule has 0 N–H and O–H groups in total. The van der Waals surface area contributed by atoms with Crippen molar-refractivity contribution in [1.82, 2.24) is 4.98 Å². The summed E-state index contributed by atoms with van der Waals surface area (Å²) in [5.74, 6) is -0.750. The number of nitrogens with zero attached hydrogens (tertiary/aromatic N) is 1. The largest absolute Gasteiger partial charge is 0.232 e. The van der Waals surface area contributed by atoms with E-state index in [1.165, 1.54) is 18.3 Å². The van der Waals surface area contributed by atoms with Crippen molar-refractivity contribution in [3.8, 4) is 0 Å². The fourth-order valence-electron chi connectivity index (χ4n) is 0.794. The summed E-state index contributed by atoms with van der Waals surface area (Å²) in [6.07, 6.45) is 1.54. The third kappa shape index (κ3) is 4.19. The fraction of sp³-hybridized carbons (Fsp3) is 0.286. The molecule has 0 aromatic carbocycles. The van der Waals surface area contributed by atoms with Crippen LogP contribution in [0.5, 0.6) is 0 Å². The maximum absolute atomic E-state index is 12.3.